The van der Waals surface area contributed by atoms with E-state index in [0.717, 1.165) is 11.1 Å². The van der Waals surface area contributed by atoms with Crippen molar-refractivity contribution >= 4 is 5.97 Å². The highest BCUT2D eigenvalue weighted by atomic mass is 16.5. The Morgan fingerprint density at radius 2 is 1.70 bits per heavy atom. The summed E-state index contributed by atoms with van der Waals surface area (Å²) in [7, 11) is 0. The van der Waals surface area contributed by atoms with Gasteiger partial charge in [-0.15, -0.1) is 0 Å². The van der Waals surface area contributed by atoms with Crippen LogP contribution in [0, 0.1) is 25.2 Å². The zero-order valence-corrected chi connectivity index (χ0v) is 11.2. The zero-order valence-electron chi connectivity index (χ0n) is 11.2. The van der Waals surface area contributed by atoms with Crippen LogP contribution in [0.15, 0.2) is 36.4 Å². The predicted octanol–water partition coefficient (Wildman–Crippen LogP) is 3.67. The van der Waals surface area contributed by atoms with Crippen LogP contribution in [0.1, 0.15) is 27.0 Å². The smallest absolute Gasteiger partial charge is 0.335 e. The molecule has 0 amide bonds. The summed E-state index contributed by atoms with van der Waals surface area (Å²) in [5, 5.41) is 17.9. The maximum absolute atomic E-state index is 11.0. The molecule has 0 saturated heterocycles. The van der Waals surface area contributed by atoms with Gasteiger partial charge in [-0.3, -0.25) is 0 Å². The van der Waals surface area contributed by atoms with Crippen LogP contribution in [0.3, 0.4) is 0 Å². The highest BCUT2D eigenvalue weighted by Gasteiger charge is 2.09. The van der Waals surface area contributed by atoms with Crippen LogP contribution >= 0.6 is 0 Å². The van der Waals surface area contributed by atoms with E-state index in [1.165, 1.54) is 12.1 Å². The molecule has 0 aromatic heterocycles. The summed E-state index contributed by atoms with van der Waals surface area (Å²) in [5.74, 6) is 0.0233. The fraction of sp³-hybridized carbons (Fsp3) is 0.125. The van der Waals surface area contributed by atoms with Gasteiger partial charge in [0.15, 0.2) is 0 Å². The SMILES string of the molecule is Cc1ccc(C#N)cc1Oc1cc(C(=O)O)ccc1C. The molecular weight excluding hydrogens is 254 g/mol. The lowest BCUT2D eigenvalue weighted by Crippen LogP contribution is -1.98. The van der Waals surface area contributed by atoms with Crippen molar-refractivity contribution in [3.05, 3.63) is 58.7 Å². The predicted molar refractivity (Wildman–Crippen MR) is 74.1 cm³/mol. The Morgan fingerprint density at radius 1 is 1.10 bits per heavy atom. The van der Waals surface area contributed by atoms with Crippen LogP contribution in [0.5, 0.6) is 11.5 Å². The molecule has 0 aliphatic rings. The van der Waals surface area contributed by atoms with Crippen LogP contribution in [0.4, 0.5) is 0 Å². The average molecular weight is 267 g/mol. The van der Waals surface area contributed by atoms with E-state index < -0.39 is 5.97 Å². The van der Waals surface area contributed by atoms with Crippen LogP contribution < -0.4 is 4.74 Å². The second-order valence-corrected chi connectivity index (χ2v) is 4.48. The molecule has 4 nitrogen and oxygen atoms in total. The Labute approximate surface area is 116 Å². The molecule has 0 radical (unpaired) electrons. The first-order valence-corrected chi connectivity index (χ1v) is 6.04. The van der Waals surface area contributed by atoms with Crippen molar-refractivity contribution in [2.45, 2.75) is 13.8 Å². The fourth-order valence-corrected chi connectivity index (χ4v) is 1.74. The third-order valence-electron chi connectivity index (χ3n) is 2.97. The lowest BCUT2D eigenvalue weighted by molar-refractivity contribution is 0.0696. The van der Waals surface area contributed by atoms with Crippen molar-refractivity contribution in [2.75, 3.05) is 0 Å². The van der Waals surface area contributed by atoms with Gasteiger partial charge in [0.2, 0.25) is 0 Å². The molecule has 0 bridgehead atoms. The normalized spacial score (nSPS) is 9.85. The van der Waals surface area contributed by atoms with Crippen molar-refractivity contribution in [1.82, 2.24) is 0 Å². The maximum Gasteiger partial charge on any atom is 0.335 e. The van der Waals surface area contributed by atoms with Gasteiger partial charge in [0.1, 0.15) is 11.5 Å². The molecule has 20 heavy (non-hydrogen) atoms. The second-order valence-electron chi connectivity index (χ2n) is 4.48. The molecule has 2 rings (SSSR count). The molecule has 0 aliphatic carbocycles. The van der Waals surface area contributed by atoms with Gasteiger partial charge in [-0.1, -0.05) is 12.1 Å². The number of benzene rings is 2. The third kappa shape index (κ3) is 2.78. The minimum atomic E-state index is -1.00. The monoisotopic (exact) mass is 267 g/mol. The van der Waals surface area contributed by atoms with E-state index in [-0.39, 0.29) is 5.56 Å². The van der Waals surface area contributed by atoms with Gasteiger partial charge in [0, 0.05) is 0 Å². The van der Waals surface area contributed by atoms with Crippen LogP contribution in [0.25, 0.3) is 0 Å². The van der Waals surface area contributed by atoms with Gasteiger partial charge in [0.05, 0.1) is 17.2 Å². The Bertz CT molecular complexity index is 714. The number of rotatable bonds is 3. The molecule has 0 unspecified atom stereocenters. The number of ether oxygens (including phenoxy) is 1. The van der Waals surface area contributed by atoms with Crippen molar-refractivity contribution in [2.24, 2.45) is 0 Å². The minimum Gasteiger partial charge on any atom is -0.478 e. The molecular formula is C16H13NO3. The van der Waals surface area contributed by atoms with Gasteiger partial charge in [-0.2, -0.15) is 5.26 Å². The molecule has 2 aromatic carbocycles. The van der Waals surface area contributed by atoms with Crippen LogP contribution in [0.2, 0.25) is 0 Å². The first-order chi connectivity index (χ1) is 9.51. The van der Waals surface area contributed by atoms with Gasteiger partial charge in [-0.25, -0.2) is 4.79 Å². The van der Waals surface area contributed by atoms with Crippen molar-refractivity contribution < 1.29 is 14.6 Å². The largest absolute Gasteiger partial charge is 0.478 e. The molecule has 0 fully saturated rings. The quantitative estimate of drug-likeness (QED) is 0.921. The number of nitriles is 1. The highest BCUT2D eigenvalue weighted by Crippen LogP contribution is 2.29. The lowest BCUT2D eigenvalue weighted by Gasteiger charge is -2.12. The number of carboxylic acids is 1. The number of carboxylic acid groups (broad SMARTS) is 1. The van der Waals surface area contributed by atoms with E-state index in [1.54, 1.807) is 24.3 Å². The van der Waals surface area contributed by atoms with Crippen LogP contribution in [-0.4, -0.2) is 11.1 Å². The van der Waals surface area contributed by atoms with Gasteiger partial charge >= 0.3 is 5.97 Å². The Kier molecular flexibility index (Phi) is 3.72. The summed E-state index contributed by atoms with van der Waals surface area (Å²) in [4.78, 5) is 11.0. The number of aromatic carboxylic acids is 1. The van der Waals surface area contributed by atoms with Gasteiger partial charge in [0.25, 0.3) is 0 Å². The Morgan fingerprint density at radius 3 is 2.30 bits per heavy atom. The highest BCUT2D eigenvalue weighted by molar-refractivity contribution is 5.88. The van der Waals surface area contributed by atoms with Gasteiger partial charge < -0.3 is 9.84 Å². The minimum absolute atomic E-state index is 0.166. The lowest BCUT2D eigenvalue weighted by atomic mass is 10.1. The molecule has 4 heteroatoms. The molecule has 0 spiro atoms. The molecule has 0 saturated carbocycles. The van der Waals surface area contributed by atoms with Gasteiger partial charge in [-0.05, 0) is 49.2 Å². The average Bonchev–Trinajstić information content (AvgIpc) is 2.43. The Balaban J connectivity index is 2.42. The third-order valence-corrected chi connectivity index (χ3v) is 2.97. The number of hydrogen-bond donors (Lipinski definition) is 1. The van der Waals surface area contributed by atoms with E-state index in [4.69, 9.17) is 15.1 Å². The summed E-state index contributed by atoms with van der Waals surface area (Å²) in [6.07, 6.45) is 0. The number of aryl methyl sites for hydroxylation is 2. The summed E-state index contributed by atoms with van der Waals surface area (Å²) >= 11 is 0. The van der Waals surface area contributed by atoms with E-state index in [9.17, 15) is 4.79 Å². The van der Waals surface area contributed by atoms with Crippen LogP contribution in [-0.2, 0) is 0 Å². The summed E-state index contributed by atoms with van der Waals surface area (Å²) < 4.78 is 5.76. The number of nitrogens with zero attached hydrogens (tertiary/aromatic N) is 1. The summed E-state index contributed by atoms with van der Waals surface area (Å²) in [5.41, 5.74) is 2.37. The van der Waals surface area contributed by atoms with Crippen molar-refractivity contribution in [3.63, 3.8) is 0 Å². The zero-order chi connectivity index (χ0) is 14.7. The molecule has 0 aliphatic heterocycles. The summed E-state index contributed by atoms with van der Waals surface area (Å²) in [6.45, 7) is 3.71. The fourth-order valence-electron chi connectivity index (χ4n) is 1.74. The maximum atomic E-state index is 11.0. The van der Waals surface area contributed by atoms with E-state index in [0.29, 0.717) is 17.1 Å². The first-order valence-electron chi connectivity index (χ1n) is 6.04. The first kappa shape index (κ1) is 13.6. The molecule has 1 N–H and O–H groups in total. The molecule has 2 aromatic rings. The van der Waals surface area contributed by atoms with Crippen molar-refractivity contribution in [1.29, 1.82) is 5.26 Å². The molecule has 0 atom stereocenters. The standard InChI is InChI=1S/C16H13NO3/c1-10-3-5-12(9-17)7-14(10)20-15-8-13(16(18)19)6-4-11(15)2/h3-8H,1-2H3,(H,18,19). The van der Waals surface area contributed by atoms with E-state index in [2.05, 4.69) is 6.07 Å². The Hall–Kier alpha value is -2.80. The topological polar surface area (TPSA) is 70.3 Å². The number of hydrogen-bond acceptors (Lipinski definition) is 3. The molecule has 100 valence electrons. The van der Waals surface area contributed by atoms with E-state index in [1.807, 2.05) is 13.8 Å². The molecule has 0 heterocycles. The second kappa shape index (κ2) is 5.45. The number of carbonyl (C=O) groups is 1. The van der Waals surface area contributed by atoms with E-state index >= 15 is 0 Å². The summed E-state index contributed by atoms with van der Waals surface area (Å²) in [6, 6.07) is 11.9. The van der Waals surface area contributed by atoms with Crippen molar-refractivity contribution in [3.8, 4) is 17.6 Å².